The molecule has 1 amide bonds. The zero-order chi connectivity index (χ0) is 18.9. The number of methoxy groups -OCH3 is 1. The maximum absolute atomic E-state index is 12.7. The molecule has 7 nitrogen and oxygen atoms in total. The summed E-state index contributed by atoms with van der Waals surface area (Å²) in [5, 5.41) is 2.43. The molecule has 3 rings (SSSR count). The highest BCUT2D eigenvalue weighted by Crippen LogP contribution is 2.30. The first-order chi connectivity index (χ1) is 12.3. The molecule has 0 bridgehead atoms. The molecule has 1 fully saturated rings. The Kier molecular flexibility index (Phi) is 4.86. The lowest BCUT2D eigenvalue weighted by Gasteiger charge is -2.12. The number of carbonyl (C=O) groups is 1. The van der Waals surface area contributed by atoms with Crippen LogP contribution in [0, 0.1) is 13.8 Å². The van der Waals surface area contributed by atoms with Crippen molar-refractivity contribution in [2.24, 2.45) is 0 Å². The van der Waals surface area contributed by atoms with Crippen molar-refractivity contribution < 1.29 is 17.9 Å². The molecule has 0 aliphatic heterocycles. The van der Waals surface area contributed by atoms with Crippen LogP contribution in [-0.2, 0) is 10.0 Å². The van der Waals surface area contributed by atoms with Gasteiger partial charge >= 0.3 is 0 Å². The van der Waals surface area contributed by atoms with E-state index in [2.05, 4.69) is 15.0 Å². The summed E-state index contributed by atoms with van der Waals surface area (Å²) in [6.07, 6.45) is 2.62. The van der Waals surface area contributed by atoms with Crippen LogP contribution in [0.3, 0.4) is 0 Å². The maximum atomic E-state index is 12.7. The molecule has 0 radical (unpaired) electrons. The molecule has 1 aromatic heterocycles. The molecule has 2 N–H and O–H groups in total. The standard InChI is InChI=1S/C18H21N3O4S/c1-11-4-5-13(8-12(11)2)20-18(22)15-9-17(19-10-16(15)25-3)21-26(23,24)14-6-7-14/h4-5,8-10,14H,6-7H2,1-3H3,(H,19,21)(H,20,22). The van der Waals surface area contributed by atoms with Crippen LogP contribution in [0.4, 0.5) is 11.5 Å². The van der Waals surface area contributed by atoms with E-state index >= 15 is 0 Å². The number of aryl methyl sites for hydroxylation is 2. The van der Waals surface area contributed by atoms with Crippen LogP contribution in [0.5, 0.6) is 5.75 Å². The third-order valence-corrected chi connectivity index (χ3v) is 6.15. The maximum Gasteiger partial charge on any atom is 0.259 e. The zero-order valence-corrected chi connectivity index (χ0v) is 15.7. The number of amides is 1. The first kappa shape index (κ1) is 18.2. The topological polar surface area (TPSA) is 97.4 Å². The van der Waals surface area contributed by atoms with E-state index in [0.717, 1.165) is 11.1 Å². The molecule has 0 spiro atoms. The van der Waals surface area contributed by atoms with Gasteiger partial charge in [-0.2, -0.15) is 0 Å². The number of anilines is 2. The van der Waals surface area contributed by atoms with Gasteiger partial charge in [-0.05, 0) is 56.0 Å². The molecule has 0 atom stereocenters. The number of benzene rings is 1. The summed E-state index contributed by atoms with van der Waals surface area (Å²) in [5.41, 5.74) is 3.04. The van der Waals surface area contributed by atoms with Gasteiger partial charge in [0.25, 0.3) is 5.91 Å². The lowest BCUT2D eigenvalue weighted by molar-refractivity contribution is 0.102. The summed E-state index contributed by atoms with van der Waals surface area (Å²) < 4.78 is 31.8. The SMILES string of the molecule is COc1cnc(NS(=O)(=O)C2CC2)cc1C(=O)Nc1ccc(C)c(C)c1. The van der Waals surface area contributed by atoms with Gasteiger partial charge in [0.05, 0.1) is 24.1 Å². The van der Waals surface area contributed by atoms with Gasteiger partial charge in [-0.3, -0.25) is 9.52 Å². The second-order valence-electron chi connectivity index (χ2n) is 6.37. The minimum atomic E-state index is -3.46. The van der Waals surface area contributed by atoms with Gasteiger partial charge in [-0.25, -0.2) is 13.4 Å². The number of aromatic nitrogens is 1. The fourth-order valence-electron chi connectivity index (χ4n) is 2.46. The van der Waals surface area contributed by atoms with Gasteiger partial charge in [-0.1, -0.05) is 6.07 Å². The second kappa shape index (κ2) is 6.95. The van der Waals surface area contributed by atoms with Crippen molar-refractivity contribution in [3.05, 3.63) is 47.2 Å². The third kappa shape index (κ3) is 3.96. The monoisotopic (exact) mass is 375 g/mol. The molecule has 0 saturated heterocycles. The summed E-state index contributed by atoms with van der Waals surface area (Å²) in [6.45, 7) is 3.95. The average molecular weight is 375 g/mol. The van der Waals surface area contributed by atoms with Gasteiger partial charge in [-0.15, -0.1) is 0 Å². The number of rotatable bonds is 6. The number of pyridine rings is 1. The summed E-state index contributed by atoms with van der Waals surface area (Å²) in [5.74, 6) is -0.0389. The van der Waals surface area contributed by atoms with Crippen molar-refractivity contribution >= 4 is 27.4 Å². The number of sulfonamides is 1. The predicted octanol–water partition coefficient (Wildman–Crippen LogP) is 2.86. The van der Waals surface area contributed by atoms with Crippen LogP contribution in [0.15, 0.2) is 30.5 Å². The van der Waals surface area contributed by atoms with Gasteiger partial charge < -0.3 is 10.1 Å². The van der Waals surface area contributed by atoms with E-state index < -0.39 is 15.9 Å². The van der Waals surface area contributed by atoms with Crippen molar-refractivity contribution in [3.63, 3.8) is 0 Å². The quantitative estimate of drug-likeness (QED) is 0.809. The molecule has 8 heteroatoms. The summed E-state index contributed by atoms with van der Waals surface area (Å²) in [6, 6.07) is 6.99. The zero-order valence-electron chi connectivity index (χ0n) is 14.9. The van der Waals surface area contributed by atoms with Crippen LogP contribution >= 0.6 is 0 Å². The highest BCUT2D eigenvalue weighted by atomic mass is 32.2. The van der Waals surface area contributed by atoms with Crippen molar-refractivity contribution in [3.8, 4) is 5.75 Å². The Morgan fingerprint density at radius 1 is 1.19 bits per heavy atom. The highest BCUT2D eigenvalue weighted by Gasteiger charge is 2.36. The number of hydrogen-bond donors (Lipinski definition) is 2. The lowest BCUT2D eigenvalue weighted by Crippen LogP contribution is -2.19. The number of ether oxygens (including phenoxy) is 1. The minimum absolute atomic E-state index is 0.0999. The first-order valence-corrected chi connectivity index (χ1v) is 9.79. The largest absolute Gasteiger partial charge is 0.494 e. The van der Waals surface area contributed by atoms with Gasteiger partial charge in [0.2, 0.25) is 10.0 Å². The fraction of sp³-hybridized carbons (Fsp3) is 0.333. The molecule has 2 aromatic rings. The molecular formula is C18H21N3O4S. The number of nitrogens with zero attached hydrogens (tertiary/aromatic N) is 1. The summed E-state index contributed by atoms with van der Waals surface area (Å²) in [7, 11) is -2.03. The predicted molar refractivity (Wildman–Crippen MR) is 100 cm³/mol. The van der Waals surface area contributed by atoms with Crippen LogP contribution in [-0.4, -0.2) is 31.7 Å². The van der Waals surface area contributed by atoms with Crippen molar-refractivity contribution in [2.45, 2.75) is 31.9 Å². The Morgan fingerprint density at radius 2 is 1.92 bits per heavy atom. The molecule has 0 unspecified atom stereocenters. The highest BCUT2D eigenvalue weighted by molar-refractivity contribution is 7.93. The molecule has 26 heavy (non-hydrogen) atoms. The van der Waals surface area contributed by atoms with E-state index in [0.29, 0.717) is 18.5 Å². The molecule has 1 heterocycles. The third-order valence-electron chi connectivity index (χ3n) is 4.31. The van der Waals surface area contributed by atoms with Gasteiger partial charge in [0.1, 0.15) is 11.6 Å². The molecule has 1 aliphatic carbocycles. The Bertz CT molecular complexity index is 953. The van der Waals surface area contributed by atoms with Gasteiger partial charge in [0, 0.05) is 5.69 Å². The van der Waals surface area contributed by atoms with E-state index in [-0.39, 0.29) is 22.4 Å². The van der Waals surface area contributed by atoms with Crippen molar-refractivity contribution in [2.75, 3.05) is 17.1 Å². The van der Waals surface area contributed by atoms with Crippen LogP contribution in [0.2, 0.25) is 0 Å². The summed E-state index contributed by atoms with van der Waals surface area (Å²) >= 11 is 0. The average Bonchev–Trinajstić information content (AvgIpc) is 3.43. The Balaban J connectivity index is 1.85. The van der Waals surface area contributed by atoms with Crippen molar-refractivity contribution in [1.82, 2.24) is 4.98 Å². The number of hydrogen-bond acceptors (Lipinski definition) is 5. The summed E-state index contributed by atoms with van der Waals surface area (Å²) in [4.78, 5) is 16.7. The van der Waals surface area contributed by atoms with Crippen molar-refractivity contribution in [1.29, 1.82) is 0 Å². The first-order valence-electron chi connectivity index (χ1n) is 8.24. The fourth-order valence-corrected chi connectivity index (χ4v) is 3.79. The normalized spacial score (nSPS) is 14.0. The molecule has 1 aliphatic rings. The Hall–Kier alpha value is -2.61. The van der Waals surface area contributed by atoms with Crippen LogP contribution in [0.1, 0.15) is 34.3 Å². The van der Waals surface area contributed by atoms with Gasteiger partial charge in [0.15, 0.2) is 0 Å². The number of nitrogens with one attached hydrogen (secondary N) is 2. The molecular weight excluding hydrogens is 354 g/mol. The van der Waals surface area contributed by atoms with Crippen LogP contribution in [0.25, 0.3) is 0 Å². The lowest BCUT2D eigenvalue weighted by atomic mass is 10.1. The molecule has 138 valence electrons. The minimum Gasteiger partial charge on any atom is -0.494 e. The van der Waals surface area contributed by atoms with Crippen LogP contribution < -0.4 is 14.8 Å². The number of carbonyl (C=O) groups excluding carboxylic acids is 1. The Labute approximate surface area is 152 Å². The molecule has 1 saturated carbocycles. The smallest absolute Gasteiger partial charge is 0.259 e. The van der Waals surface area contributed by atoms with E-state index in [1.165, 1.54) is 19.4 Å². The van der Waals surface area contributed by atoms with E-state index in [1.54, 1.807) is 0 Å². The molecule has 1 aromatic carbocycles. The van der Waals surface area contributed by atoms with E-state index in [4.69, 9.17) is 4.74 Å². The Morgan fingerprint density at radius 3 is 2.54 bits per heavy atom. The van der Waals surface area contributed by atoms with E-state index in [9.17, 15) is 13.2 Å². The van der Waals surface area contributed by atoms with E-state index in [1.807, 2.05) is 32.0 Å². The second-order valence-corrected chi connectivity index (χ2v) is 8.33.